The summed E-state index contributed by atoms with van der Waals surface area (Å²) in [5.41, 5.74) is 3.75. The lowest BCUT2D eigenvalue weighted by Gasteiger charge is -2.62. The third kappa shape index (κ3) is 2.77. The Balaban J connectivity index is 1.40. The van der Waals surface area contributed by atoms with Gasteiger partial charge in [0.1, 0.15) is 0 Å². The number of allylic oxidation sites excluding steroid dienone is 1. The van der Waals surface area contributed by atoms with Crippen LogP contribution < -0.4 is 0 Å². The lowest BCUT2D eigenvalue weighted by atomic mass is 9.43. The van der Waals surface area contributed by atoms with Crippen molar-refractivity contribution in [1.29, 1.82) is 0 Å². The molecular weight excluding hydrogens is 376 g/mol. The largest absolute Gasteiger partial charge is 0.393 e. The Bertz CT molecular complexity index is 739. The van der Waals surface area contributed by atoms with Crippen LogP contribution in [0.25, 0.3) is 0 Å². The third-order valence-electron chi connectivity index (χ3n) is 12.9. The van der Waals surface area contributed by atoms with E-state index in [1.165, 1.54) is 64.2 Å². The summed E-state index contributed by atoms with van der Waals surface area (Å²) in [7, 11) is 0. The van der Waals surface area contributed by atoms with Crippen molar-refractivity contribution in [2.45, 2.75) is 118 Å². The van der Waals surface area contributed by atoms with Crippen LogP contribution >= 0.6 is 0 Å². The highest BCUT2D eigenvalue weighted by atomic mass is 16.3. The van der Waals surface area contributed by atoms with E-state index in [-0.39, 0.29) is 6.10 Å². The topological polar surface area (TPSA) is 20.2 Å². The molecule has 1 N–H and O–H groups in total. The molecular formula is C30H50O. The molecule has 0 amide bonds. The number of aliphatic hydroxyl groups excluding tert-OH is 1. The van der Waals surface area contributed by atoms with E-state index in [0.717, 1.165) is 30.1 Å². The van der Waals surface area contributed by atoms with Crippen molar-refractivity contribution in [3.63, 3.8) is 0 Å². The molecule has 0 aromatic carbocycles. The molecule has 5 aliphatic carbocycles. The van der Waals surface area contributed by atoms with E-state index in [1.807, 2.05) is 0 Å². The van der Waals surface area contributed by atoms with Gasteiger partial charge in [0.15, 0.2) is 0 Å². The highest BCUT2D eigenvalue weighted by Gasteiger charge is 2.81. The van der Waals surface area contributed by atoms with Crippen molar-refractivity contribution in [1.82, 2.24) is 0 Å². The summed E-state index contributed by atoms with van der Waals surface area (Å²) < 4.78 is 0. The maximum Gasteiger partial charge on any atom is 0.0568 e. The minimum atomic E-state index is -0.0409. The fourth-order valence-electron chi connectivity index (χ4n) is 10.7. The van der Waals surface area contributed by atoms with Gasteiger partial charge in [0, 0.05) is 0 Å². The van der Waals surface area contributed by atoms with Crippen LogP contribution in [0.1, 0.15) is 112 Å². The van der Waals surface area contributed by atoms with E-state index in [4.69, 9.17) is 6.58 Å². The summed E-state index contributed by atoms with van der Waals surface area (Å²) in [6.45, 7) is 19.7. The van der Waals surface area contributed by atoms with Gasteiger partial charge in [-0.05, 0) is 121 Å². The molecule has 5 saturated carbocycles. The highest BCUT2D eigenvalue weighted by Crippen LogP contribution is 2.88. The Kier molecular flexibility index (Phi) is 5.15. The molecule has 0 heterocycles. The average molecular weight is 427 g/mol. The van der Waals surface area contributed by atoms with Crippen LogP contribution in [0.4, 0.5) is 0 Å². The smallest absolute Gasteiger partial charge is 0.0568 e. The Morgan fingerprint density at radius 2 is 1.65 bits per heavy atom. The number of rotatable bonds is 5. The van der Waals surface area contributed by atoms with E-state index < -0.39 is 0 Å². The van der Waals surface area contributed by atoms with E-state index in [2.05, 4.69) is 41.5 Å². The molecule has 5 rings (SSSR count). The maximum atomic E-state index is 10.6. The minimum absolute atomic E-state index is 0.0409. The Hall–Kier alpha value is -0.300. The van der Waals surface area contributed by atoms with Crippen molar-refractivity contribution < 1.29 is 5.11 Å². The van der Waals surface area contributed by atoms with Crippen molar-refractivity contribution in [2.75, 3.05) is 0 Å². The fraction of sp³-hybridized carbons (Fsp3) is 0.933. The second-order valence-electron chi connectivity index (χ2n) is 14.1. The lowest BCUT2D eigenvalue weighted by Crippen LogP contribution is -2.55. The summed E-state index contributed by atoms with van der Waals surface area (Å²) in [5.74, 6) is 4.44. The zero-order chi connectivity index (χ0) is 22.4. The van der Waals surface area contributed by atoms with Gasteiger partial charge in [-0.1, -0.05) is 60.1 Å². The van der Waals surface area contributed by atoms with Crippen LogP contribution in [0.2, 0.25) is 0 Å². The molecule has 5 fully saturated rings. The summed E-state index contributed by atoms with van der Waals surface area (Å²) in [6, 6.07) is 0. The Morgan fingerprint density at radius 1 is 0.903 bits per heavy atom. The van der Waals surface area contributed by atoms with E-state index in [9.17, 15) is 5.11 Å². The van der Waals surface area contributed by atoms with E-state index >= 15 is 0 Å². The molecule has 1 nitrogen and oxygen atoms in total. The second kappa shape index (κ2) is 7.10. The van der Waals surface area contributed by atoms with Crippen LogP contribution in [0, 0.1) is 57.2 Å². The summed E-state index contributed by atoms with van der Waals surface area (Å²) in [5, 5.41) is 10.6. The zero-order valence-corrected chi connectivity index (χ0v) is 21.5. The van der Waals surface area contributed by atoms with Gasteiger partial charge in [-0.3, -0.25) is 0 Å². The standard InChI is InChI=1S/C30H50O/c1-19(2)8-9-20(3)21(4)23-12-14-28(7)26-11-10-24-22(5)25(31)13-15-29(24)18-30(26,29)17-16-27(23,28)6/h19-20,22-26,31H,4,8-18H2,1-3,5-7H3/t20-,22+,23-,24-,25+,26-,27-,28+,29-,30+/m1/s1. The van der Waals surface area contributed by atoms with Gasteiger partial charge < -0.3 is 5.11 Å². The zero-order valence-electron chi connectivity index (χ0n) is 21.5. The van der Waals surface area contributed by atoms with Crippen molar-refractivity contribution in [3.8, 4) is 0 Å². The summed E-state index contributed by atoms with van der Waals surface area (Å²) in [4.78, 5) is 0. The molecule has 0 saturated heterocycles. The molecule has 1 heteroatoms. The van der Waals surface area contributed by atoms with Crippen LogP contribution in [0.3, 0.4) is 0 Å². The van der Waals surface area contributed by atoms with Gasteiger partial charge in [0.05, 0.1) is 6.10 Å². The predicted octanol–water partition coefficient (Wildman–Crippen LogP) is 8.02. The van der Waals surface area contributed by atoms with Crippen molar-refractivity contribution >= 4 is 0 Å². The first-order chi connectivity index (χ1) is 14.5. The van der Waals surface area contributed by atoms with Crippen LogP contribution in [0.15, 0.2) is 12.2 Å². The average Bonchev–Trinajstić information content (AvgIpc) is 3.31. The fourth-order valence-corrected chi connectivity index (χ4v) is 10.7. The first kappa shape index (κ1) is 22.5. The Morgan fingerprint density at radius 3 is 2.35 bits per heavy atom. The van der Waals surface area contributed by atoms with E-state index in [1.54, 1.807) is 5.57 Å². The molecule has 31 heavy (non-hydrogen) atoms. The molecule has 0 bridgehead atoms. The van der Waals surface area contributed by atoms with Gasteiger partial charge in [0.25, 0.3) is 0 Å². The molecule has 5 aliphatic rings. The quantitative estimate of drug-likeness (QED) is 0.441. The number of aliphatic hydroxyl groups is 1. The second-order valence-corrected chi connectivity index (χ2v) is 14.1. The van der Waals surface area contributed by atoms with Crippen molar-refractivity contribution in [2.24, 2.45) is 57.2 Å². The Labute approximate surface area is 192 Å². The first-order valence-electron chi connectivity index (χ1n) is 13.9. The van der Waals surface area contributed by atoms with Crippen LogP contribution in [0.5, 0.6) is 0 Å². The van der Waals surface area contributed by atoms with Gasteiger partial charge in [-0.15, -0.1) is 0 Å². The first-order valence-corrected chi connectivity index (χ1v) is 13.9. The highest BCUT2D eigenvalue weighted by molar-refractivity contribution is 5.31. The molecule has 0 unspecified atom stereocenters. The van der Waals surface area contributed by atoms with Crippen LogP contribution in [-0.2, 0) is 0 Å². The minimum Gasteiger partial charge on any atom is -0.393 e. The molecule has 176 valence electrons. The number of hydrogen-bond acceptors (Lipinski definition) is 1. The molecule has 0 aromatic rings. The summed E-state index contributed by atoms with van der Waals surface area (Å²) in [6.07, 6.45) is 15.0. The summed E-state index contributed by atoms with van der Waals surface area (Å²) >= 11 is 0. The van der Waals surface area contributed by atoms with Gasteiger partial charge in [0.2, 0.25) is 0 Å². The van der Waals surface area contributed by atoms with Gasteiger partial charge in [-0.25, -0.2) is 0 Å². The van der Waals surface area contributed by atoms with E-state index in [0.29, 0.717) is 33.5 Å². The predicted molar refractivity (Wildman–Crippen MR) is 131 cm³/mol. The molecule has 2 spiro atoms. The number of fused-ring (bicyclic) bond motifs is 2. The molecule has 0 aromatic heterocycles. The van der Waals surface area contributed by atoms with Gasteiger partial charge >= 0.3 is 0 Å². The monoisotopic (exact) mass is 426 g/mol. The third-order valence-corrected chi connectivity index (χ3v) is 12.9. The normalized spacial score (nSPS) is 53.9. The van der Waals surface area contributed by atoms with Crippen LogP contribution in [-0.4, -0.2) is 11.2 Å². The lowest BCUT2D eigenvalue weighted by molar-refractivity contribution is -0.136. The molecule has 0 radical (unpaired) electrons. The molecule has 0 aliphatic heterocycles. The molecule has 10 atom stereocenters. The maximum absolute atomic E-state index is 10.6. The number of hydrogen-bond donors (Lipinski definition) is 1. The SMILES string of the molecule is C=C([C@H](C)CCC(C)C)[C@H]1CC[C@@]2(C)[C@H]3CC[C@@H]4[C@H](C)[C@@H](O)CC[C@@]45C[C@@]35CC[C@]12C. The van der Waals surface area contributed by atoms with Crippen molar-refractivity contribution in [3.05, 3.63) is 12.2 Å². The van der Waals surface area contributed by atoms with Gasteiger partial charge in [-0.2, -0.15) is 0 Å².